The van der Waals surface area contributed by atoms with Crippen LogP contribution in [0.5, 0.6) is 0 Å². The van der Waals surface area contributed by atoms with Crippen molar-refractivity contribution >= 4 is 17.7 Å². The highest BCUT2D eigenvalue weighted by Gasteiger charge is 2.30. The Kier molecular flexibility index (Phi) is 5.21. The molecule has 0 aromatic heterocycles. The number of halogens is 3. The van der Waals surface area contributed by atoms with E-state index in [0.29, 0.717) is 6.07 Å². The summed E-state index contributed by atoms with van der Waals surface area (Å²) in [5, 5.41) is 11.2. The highest BCUT2D eigenvalue weighted by molar-refractivity contribution is 6.07. The van der Waals surface area contributed by atoms with E-state index < -0.39 is 35.9 Å². The summed E-state index contributed by atoms with van der Waals surface area (Å²) >= 11 is 0. The maximum atomic E-state index is 12.7. The first-order chi connectivity index (χ1) is 11.7. The lowest BCUT2D eigenvalue weighted by molar-refractivity contribution is -0.137. The molecule has 0 aliphatic rings. The minimum absolute atomic E-state index is 0.146. The van der Waals surface area contributed by atoms with Crippen LogP contribution in [0.25, 0.3) is 0 Å². The maximum Gasteiger partial charge on any atom is 0.416 e. The van der Waals surface area contributed by atoms with Crippen LogP contribution < -0.4 is 5.32 Å². The largest absolute Gasteiger partial charge is 0.478 e. The molecule has 5 nitrogen and oxygen atoms in total. The second-order valence-electron chi connectivity index (χ2n) is 5.04. The third-order valence-electron chi connectivity index (χ3n) is 3.32. The summed E-state index contributed by atoms with van der Waals surface area (Å²) in [5.74, 6) is -2.85. The number of nitrogens with one attached hydrogen (secondary N) is 1. The number of amides is 1. The minimum atomic E-state index is -4.58. The highest BCUT2D eigenvalue weighted by Crippen LogP contribution is 2.29. The van der Waals surface area contributed by atoms with Gasteiger partial charge in [0.2, 0.25) is 0 Å². The molecule has 0 bridgehead atoms. The van der Waals surface area contributed by atoms with E-state index >= 15 is 0 Å². The number of benzene rings is 2. The van der Waals surface area contributed by atoms with Crippen LogP contribution in [0.4, 0.5) is 13.2 Å². The molecule has 8 heteroatoms. The predicted octanol–water partition coefficient (Wildman–Crippen LogP) is 3.02. The third-order valence-corrected chi connectivity index (χ3v) is 3.32. The van der Waals surface area contributed by atoms with Crippen LogP contribution >= 0.6 is 0 Å². The molecule has 2 N–H and O–H groups in total. The summed E-state index contributed by atoms with van der Waals surface area (Å²) < 4.78 is 38.0. The molecule has 2 aromatic carbocycles. The van der Waals surface area contributed by atoms with E-state index in [0.717, 1.165) is 12.1 Å². The van der Waals surface area contributed by atoms with Crippen molar-refractivity contribution in [2.75, 3.05) is 6.54 Å². The van der Waals surface area contributed by atoms with Gasteiger partial charge in [-0.2, -0.15) is 13.2 Å². The lowest BCUT2D eigenvalue weighted by Crippen LogP contribution is -2.30. The van der Waals surface area contributed by atoms with Crippen molar-refractivity contribution in [2.45, 2.75) is 6.18 Å². The van der Waals surface area contributed by atoms with Crippen LogP contribution in [0.3, 0.4) is 0 Å². The maximum absolute atomic E-state index is 12.7. The van der Waals surface area contributed by atoms with E-state index in [9.17, 15) is 27.6 Å². The Hall–Kier alpha value is -3.16. The van der Waals surface area contributed by atoms with E-state index in [1.165, 1.54) is 30.3 Å². The zero-order chi connectivity index (χ0) is 18.6. The summed E-state index contributed by atoms with van der Waals surface area (Å²) in [5.41, 5.74) is -1.57. The third kappa shape index (κ3) is 4.43. The van der Waals surface area contributed by atoms with E-state index in [-0.39, 0.29) is 16.7 Å². The standard InChI is InChI=1S/C17H12F3NO4/c18-17(19,20)11-5-3-4-10(8-11)14(22)9-21-15(23)12-6-1-2-7-13(12)16(24)25/h1-8H,9H2,(H,21,23)(H,24,25). The van der Waals surface area contributed by atoms with Gasteiger partial charge >= 0.3 is 12.1 Å². The fraction of sp³-hybridized carbons (Fsp3) is 0.118. The Balaban J connectivity index is 2.11. The predicted molar refractivity (Wildman–Crippen MR) is 81.5 cm³/mol. The lowest BCUT2D eigenvalue weighted by Gasteiger charge is -2.09. The molecular weight excluding hydrogens is 339 g/mol. The van der Waals surface area contributed by atoms with Gasteiger partial charge in [0.05, 0.1) is 23.2 Å². The average molecular weight is 351 g/mol. The Morgan fingerprint density at radius 1 is 0.960 bits per heavy atom. The van der Waals surface area contributed by atoms with E-state index in [4.69, 9.17) is 5.11 Å². The van der Waals surface area contributed by atoms with E-state index in [1.54, 1.807) is 0 Å². The Morgan fingerprint density at radius 2 is 1.60 bits per heavy atom. The van der Waals surface area contributed by atoms with Crippen LogP contribution in [0.15, 0.2) is 48.5 Å². The van der Waals surface area contributed by atoms with E-state index in [2.05, 4.69) is 5.32 Å². The number of carbonyl (C=O) groups excluding carboxylic acids is 2. The van der Waals surface area contributed by atoms with Gasteiger partial charge in [0, 0.05) is 5.56 Å². The second-order valence-corrected chi connectivity index (χ2v) is 5.04. The first kappa shape index (κ1) is 18.2. The minimum Gasteiger partial charge on any atom is -0.478 e. The number of hydrogen-bond donors (Lipinski definition) is 2. The molecule has 130 valence electrons. The van der Waals surface area contributed by atoms with Crippen LogP contribution in [-0.2, 0) is 6.18 Å². The van der Waals surface area contributed by atoms with Crippen LogP contribution in [-0.4, -0.2) is 29.3 Å². The molecule has 0 atom stereocenters. The number of hydrogen-bond acceptors (Lipinski definition) is 3. The fourth-order valence-electron chi connectivity index (χ4n) is 2.09. The molecule has 0 spiro atoms. The molecule has 0 aliphatic heterocycles. The van der Waals surface area contributed by atoms with E-state index in [1.807, 2.05) is 0 Å². The average Bonchev–Trinajstić information content (AvgIpc) is 2.58. The van der Waals surface area contributed by atoms with Gasteiger partial charge in [-0.3, -0.25) is 9.59 Å². The van der Waals surface area contributed by atoms with Gasteiger partial charge in [-0.1, -0.05) is 24.3 Å². The monoisotopic (exact) mass is 351 g/mol. The van der Waals surface area contributed by atoms with Gasteiger partial charge in [-0.05, 0) is 24.3 Å². The van der Waals surface area contributed by atoms with Gasteiger partial charge in [-0.15, -0.1) is 0 Å². The number of carboxylic acid groups (broad SMARTS) is 1. The fourth-order valence-corrected chi connectivity index (χ4v) is 2.09. The molecule has 0 saturated heterocycles. The van der Waals surface area contributed by atoms with Crippen LogP contribution in [0.2, 0.25) is 0 Å². The summed E-state index contributed by atoms with van der Waals surface area (Å²) in [6, 6.07) is 9.22. The van der Waals surface area contributed by atoms with Gasteiger partial charge in [0.15, 0.2) is 5.78 Å². The molecule has 0 aliphatic carbocycles. The topological polar surface area (TPSA) is 83.5 Å². The molecule has 0 heterocycles. The zero-order valence-electron chi connectivity index (χ0n) is 12.6. The molecule has 0 radical (unpaired) electrons. The van der Waals surface area contributed by atoms with Gasteiger partial charge in [-0.25, -0.2) is 4.79 Å². The van der Waals surface area contributed by atoms with Crippen molar-refractivity contribution in [2.24, 2.45) is 0 Å². The van der Waals surface area contributed by atoms with Gasteiger partial charge in [0.1, 0.15) is 0 Å². The lowest BCUT2D eigenvalue weighted by atomic mass is 10.1. The Bertz CT molecular complexity index is 831. The number of carboxylic acids is 1. The summed E-state index contributed by atoms with van der Waals surface area (Å²) in [4.78, 5) is 35.1. The molecule has 1 amide bonds. The second kappa shape index (κ2) is 7.16. The quantitative estimate of drug-likeness (QED) is 0.811. The molecule has 0 fully saturated rings. The number of carbonyl (C=O) groups is 3. The number of aromatic carboxylic acids is 1. The Morgan fingerprint density at radius 3 is 2.20 bits per heavy atom. The van der Waals surface area contributed by atoms with Gasteiger partial charge < -0.3 is 10.4 Å². The Labute approximate surface area is 140 Å². The number of alkyl halides is 3. The van der Waals surface area contributed by atoms with Crippen molar-refractivity contribution in [3.8, 4) is 0 Å². The summed E-state index contributed by atoms with van der Waals surface area (Å²) in [6.45, 7) is -0.561. The molecule has 0 saturated carbocycles. The molecule has 2 aromatic rings. The molecule has 25 heavy (non-hydrogen) atoms. The summed E-state index contributed by atoms with van der Waals surface area (Å²) in [6.07, 6.45) is -4.58. The first-order valence-electron chi connectivity index (χ1n) is 7.01. The van der Waals surface area contributed by atoms with Crippen molar-refractivity contribution in [1.29, 1.82) is 0 Å². The molecular formula is C17H12F3NO4. The number of Topliss-reactive ketones (excluding diaryl/α,β-unsaturated/α-hetero) is 1. The van der Waals surface area contributed by atoms with Crippen LogP contribution in [0, 0.1) is 0 Å². The van der Waals surface area contributed by atoms with Gasteiger partial charge in [0.25, 0.3) is 5.91 Å². The normalized spacial score (nSPS) is 11.0. The van der Waals surface area contributed by atoms with Crippen LogP contribution in [0.1, 0.15) is 36.6 Å². The molecule has 0 unspecified atom stereocenters. The smallest absolute Gasteiger partial charge is 0.416 e. The van der Waals surface area contributed by atoms with Crippen molar-refractivity contribution in [3.63, 3.8) is 0 Å². The summed E-state index contributed by atoms with van der Waals surface area (Å²) in [7, 11) is 0. The number of ketones is 1. The van der Waals surface area contributed by atoms with Crippen molar-refractivity contribution < 1.29 is 32.7 Å². The number of rotatable bonds is 5. The van der Waals surface area contributed by atoms with Crippen molar-refractivity contribution in [3.05, 3.63) is 70.8 Å². The SMILES string of the molecule is O=C(CNC(=O)c1ccccc1C(=O)O)c1cccc(C(F)(F)F)c1. The van der Waals surface area contributed by atoms with Crippen molar-refractivity contribution in [1.82, 2.24) is 5.32 Å². The molecule has 2 rings (SSSR count). The first-order valence-corrected chi connectivity index (χ1v) is 7.01. The zero-order valence-corrected chi connectivity index (χ0v) is 12.6. The highest BCUT2D eigenvalue weighted by atomic mass is 19.4.